The van der Waals surface area contributed by atoms with Gasteiger partial charge in [-0.1, -0.05) is 48.0 Å². The number of sulfonamides is 1. The van der Waals surface area contributed by atoms with Gasteiger partial charge in [-0.2, -0.15) is 4.31 Å². The fourth-order valence-electron chi connectivity index (χ4n) is 4.81. The first kappa shape index (κ1) is 23.7. The van der Waals surface area contributed by atoms with Crippen molar-refractivity contribution in [3.05, 3.63) is 101 Å². The molecule has 5 rings (SSSR count). The van der Waals surface area contributed by atoms with E-state index in [-0.39, 0.29) is 4.90 Å². The van der Waals surface area contributed by atoms with Crippen molar-refractivity contribution in [1.29, 1.82) is 0 Å². The van der Waals surface area contributed by atoms with Crippen LogP contribution in [0.25, 0.3) is 16.5 Å². The zero-order valence-electron chi connectivity index (χ0n) is 19.7. The van der Waals surface area contributed by atoms with E-state index in [1.165, 1.54) is 33.3 Å². The molecular formula is C28H27ClN2O3S. The largest absolute Gasteiger partial charge is 0.497 e. The summed E-state index contributed by atoms with van der Waals surface area (Å²) in [5.74, 6) is 0.634. The molecule has 0 saturated heterocycles. The van der Waals surface area contributed by atoms with Gasteiger partial charge in [0.25, 0.3) is 0 Å². The number of halogens is 1. The number of aromatic nitrogens is 1. The Balaban J connectivity index is 1.46. The van der Waals surface area contributed by atoms with Crippen molar-refractivity contribution in [2.24, 2.45) is 0 Å². The SMILES string of the molecule is COc1ccc(S(=O)(=O)N2CC=C(c3c(C)n(Cc4ccc(Cl)cc4)c4ccccc34)CC2)cc1. The summed E-state index contributed by atoms with van der Waals surface area (Å²) in [4.78, 5) is 0.283. The van der Waals surface area contributed by atoms with E-state index in [1.807, 2.05) is 12.1 Å². The van der Waals surface area contributed by atoms with E-state index in [0.717, 1.165) is 11.6 Å². The lowest BCUT2D eigenvalue weighted by Crippen LogP contribution is -2.34. The first-order valence-electron chi connectivity index (χ1n) is 11.5. The molecule has 0 spiro atoms. The molecule has 7 heteroatoms. The van der Waals surface area contributed by atoms with Gasteiger partial charge in [-0.15, -0.1) is 0 Å². The van der Waals surface area contributed by atoms with Crippen molar-refractivity contribution in [1.82, 2.24) is 8.87 Å². The van der Waals surface area contributed by atoms with E-state index in [4.69, 9.17) is 16.3 Å². The Labute approximate surface area is 211 Å². The molecule has 0 atom stereocenters. The lowest BCUT2D eigenvalue weighted by atomic mass is 9.97. The molecule has 0 unspecified atom stereocenters. The van der Waals surface area contributed by atoms with Gasteiger partial charge >= 0.3 is 0 Å². The predicted molar refractivity (Wildman–Crippen MR) is 142 cm³/mol. The van der Waals surface area contributed by atoms with Crippen molar-refractivity contribution in [3.63, 3.8) is 0 Å². The Morgan fingerprint density at radius 2 is 1.69 bits per heavy atom. The summed E-state index contributed by atoms with van der Waals surface area (Å²) in [5.41, 5.74) is 5.92. The standard InChI is InChI=1S/C28H27ClN2O3S/c1-20-28(26-5-3-4-6-27(26)31(20)19-21-7-9-23(29)10-8-21)22-15-17-30(18-16-22)35(32,33)25-13-11-24(34-2)12-14-25/h3-15H,16-19H2,1-2H3. The zero-order valence-corrected chi connectivity index (χ0v) is 21.3. The minimum Gasteiger partial charge on any atom is -0.497 e. The highest BCUT2D eigenvalue weighted by Gasteiger charge is 2.28. The van der Waals surface area contributed by atoms with Crippen LogP contribution in [-0.4, -0.2) is 37.5 Å². The van der Waals surface area contributed by atoms with Crippen LogP contribution < -0.4 is 4.74 Å². The molecule has 0 fully saturated rings. The summed E-state index contributed by atoms with van der Waals surface area (Å²) in [6.07, 6.45) is 2.72. The number of para-hydroxylation sites is 1. The minimum absolute atomic E-state index is 0.283. The average molecular weight is 507 g/mol. The maximum absolute atomic E-state index is 13.2. The molecule has 0 bridgehead atoms. The van der Waals surface area contributed by atoms with Crippen LogP contribution in [0.4, 0.5) is 0 Å². The van der Waals surface area contributed by atoms with Gasteiger partial charge in [0.1, 0.15) is 5.75 Å². The summed E-state index contributed by atoms with van der Waals surface area (Å²) >= 11 is 6.08. The third-order valence-electron chi connectivity index (χ3n) is 6.67. The van der Waals surface area contributed by atoms with Crippen LogP contribution in [0.1, 0.15) is 23.2 Å². The number of fused-ring (bicyclic) bond motifs is 1. The number of rotatable bonds is 6. The maximum Gasteiger partial charge on any atom is 0.243 e. The van der Waals surface area contributed by atoms with E-state index >= 15 is 0 Å². The third-order valence-corrected chi connectivity index (χ3v) is 8.81. The van der Waals surface area contributed by atoms with Gasteiger partial charge in [0.2, 0.25) is 10.0 Å². The van der Waals surface area contributed by atoms with Crippen LogP contribution in [0.5, 0.6) is 5.75 Å². The molecule has 2 heterocycles. The average Bonchev–Trinajstić information content (AvgIpc) is 3.16. The van der Waals surface area contributed by atoms with Gasteiger partial charge in [-0.05, 0) is 66.9 Å². The first-order valence-corrected chi connectivity index (χ1v) is 13.4. The van der Waals surface area contributed by atoms with Crippen molar-refractivity contribution < 1.29 is 13.2 Å². The fourth-order valence-corrected chi connectivity index (χ4v) is 6.31. The lowest BCUT2D eigenvalue weighted by molar-refractivity contribution is 0.414. The van der Waals surface area contributed by atoms with Crippen LogP contribution in [0.2, 0.25) is 5.02 Å². The van der Waals surface area contributed by atoms with Gasteiger partial charge in [-0.25, -0.2) is 8.42 Å². The molecule has 0 radical (unpaired) electrons. The number of nitrogens with zero attached hydrogens (tertiary/aromatic N) is 2. The number of ether oxygens (including phenoxy) is 1. The number of hydrogen-bond donors (Lipinski definition) is 0. The second-order valence-electron chi connectivity index (χ2n) is 8.71. The van der Waals surface area contributed by atoms with Crippen LogP contribution in [0, 0.1) is 6.92 Å². The Hall–Kier alpha value is -3.06. The van der Waals surface area contributed by atoms with E-state index in [2.05, 4.69) is 54.0 Å². The second-order valence-corrected chi connectivity index (χ2v) is 11.1. The highest BCUT2D eigenvalue weighted by atomic mass is 35.5. The minimum atomic E-state index is -3.57. The van der Waals surface area contributed by atoms with Crippen molar-refractivity contribution in [2.75, 3.05) is 20.2 Å². The van der Waals surface area contributed by atoms with Gasteiger partial charge in [0, 0.05) is 46.8 Å². The van der Waals surface area contributed by atoms with E-state index in [9.17, 15) is 8.42 Å². The number of benzene rings is 3. The van der Waals surface area contributed by atoms with E-state index < -0.39 is 10.0 Å². The van der Waals surface area contributed by atoms with Gasteiger partial charge in [-0.3, -0.25) is 0 Å². The molecule has 1 aromatic heterocycles. The van der Waals surface area contributed by atoms with Crippen LogP contribution in [0.3, 0.4) is 0 Å². The smallest absolute Gasteiger partial charge is 0.243 e. The molecular weight excluding hydrogens is 480 g/mol. The summed E-state index contributed by atoms with van der Waals surface area (Å²) in [6.45, 7) is 3.68. The second kappa shape index (κ2) is 9.53. The Morgan fingerprint density at radius 1 is 0.971 bits per heavy atom. The molecule has 0 aliphatic carbocycles. The van der Waals surface area contributed by atoms with E-state index in [1.54, 1.807) is 35.7 Å². The summed E-state index contributed by atoms with van der Waals surface area (Å²) in [5, 5.41) is 1.92. The van der Waals surface area contributed by atoms with Crippen LogP contribution in [-0.2, 0) is 16.6 Å². The molecule has 0 N–H and O–H groups in total. The molecule has 35 heavy (non-hydrogen) atoms. The van der Waals surface area contributed by atoms with Gasteiger partial charge in [0.15, 0.2) is 0 Å². The quantitative estimate of drug-likeness (QED) is 0.315. The molecule has 5 nitrogen and oxygen atoms in total. The van der Waals surface area contributed by atoms with E-state index in [0.29, 0.717) is 25.3 Å². The highest BCUT2D eigenvalue weighted by Crippen LogP contribution is 2.36. The maximum atomic E-state index is 13.2. The Bertz CT molecular complexity index is 1500. The summed E-state index contributed by atoms with van der Waals surface area (Å²) < 4.78 is 35.4. The predicted octanol–water partition coefficient (Wildman–Crippen LogP) is 6.14. The molecule has 180 valence electrons. The molecule has 0 saturated carbocycles. The Morgan fingerprint density at radius 3 is 2.34 bits per heavy atom. The molecule has 1 aliphatic heterocycles. The van der Waals surface area contributed by atoms with Crippen LogP contribution in [0.15, 0.2) is 83.8 Å². The van der Waals surface area contributed by atoms with Gasteiger partial charge in [0.05, 0.1) is 12.0 Å². The molecule has 0 amide bonds. The monoisotopic (exact) mass is 506 g/mol. The fraction of sp³-hybridized carbons (Fsp3) is 0.214. The summed E-state index contributed by atoms with van der Waals surface area (Å²) in [7, 11) is -2.00. The van der Waals surface area contributed by atoms with Crippen LogP contribution >= 0.6 is 11.6 Å². The topological polar surface area (TPSA) is 51.5 Å². The number of methoxy groups -OCH3 is 1. The lowest BCUT2D eigenvalue weighted by Gasteiger charge is -2.26. The highest BCUT2D eigenvalue weighted by molar-refractivity contribution is 7.89. The number of hydrogen-bond acceptors (Lipinski definition) is 3. The Kier molecular flexibility index (Phi) is 6.45. The molecule has 3 aromatic carbocycles. The molecule has 1 aliphatic rings. The third kappa shape index (κ3) is 4.49. The van der Waals surface area contributed by atoms with Crippen molar-refractivity contribution in [2.45, 2.75) is 24.8 Å². The van der Waals surface area contributed by atoms with Crippen molar-refractivity contribution in [3.8, 4) is 5.75 Å². The zero-order chi connectivity index (χ0) is 24.6. The first-order chi connectivity index (χ1) is 16.9. The van der Waals surface area contributed by atoms with Crippen molar-refractivity contribution >= 4 is 38.1 Å². The molecule has 4 aromatic rings. The normalized spacial score (nSPS) is 14.8. The summed E-state index contributed by atoms with van der Waals surface area (Å²) in [6, 6.07) is 22.9. The van der Waals surface area contributed by atoms with Gasteiger partial charge < -0.3 is 9.30 Å².